The van der Waals surface area contributed by atoms with Gasteiger partial charge in [-0.15, -0.1) is 0 Å². The Labute approximate surface area is 226 Å². The zero-order valence-corrected chi connectivity index (χ0v) is 20.8. The maximum absolute atomic E-state index is 14.9. The number of nitrogens with one attached hydrogen (secondary N) is 1. The van der Waals surface area contributed by atoms with Crippen molar-refractivity contribution in [3.63, 3.8) is 0 Å². The lowest BCUT2D eigenvalue weighted by Crippen LogP contribution is -2.48. The largest absolute Gasteiger partial charge is 0.417 e. The summed E-state index contributed by atoms with van der Waals surface area (Å²) in [4.78, 5) is 26.6. The number of carbonyl (C=O) groups excluding carboxylic acids is 2. The highest BCUT2D eigenvalue weighted by atomic mass is 35.5. The van der Waals surface area contributed by atoms with Crippen LogP contribution in [0.2, 0.25) is 5.02 Å². The van der Waals surface area contributed by atoms with E-state index in [1.165, 1.54) is 12.1 Å². The fraction of sp³-hybridized carbons (Fsp3) is 0.231. The Hall–Kier alpha value is -3.68. The smallest absolute Gasteiger partial charge is 0.393 e. The van der Waals surface area contributed by atoms with E-state index in [0.717, 1.165) is 23.1 Å². The molecule has 0 saturated carbocycles. The molecule has 1 aliphatic rings. The molecule has 0 aromatic heterocycles. The van der Waals surface area contributed by atoms with Crippen LogP contribution in [0.1, 0.15) is 38.3 Å². The van der Waals surface area contributed by atoms with E-state index >= 15 is 0 Å². The van der Waals surface area contributed by atoms with Gasteiger partial charge in [0.1, 0.15) is 11.6 Å². The minimum atomic E-state index is -5.01. The molecule has 14 heteroatoms. The highest BCUT2D eigenvalue weighted by molar-refractivity contribution is 6.30. The number of hydrogen-bond donors (Lipinski definition) is 3. The predicted octanol–water partition coefficient (Wildman–Crippen LogP) is 5.76. The Bertz CT molecular complexity index is 1500. The van der Waals surface area contributed by atoms with Gasteiger partial charge in [-0.1, -0.05) is 11.6 Å². The predicted molar refractivity (Wildman–Crippen MR) is 129 cm³/mol. The van der Waals surface area contributed by atoms with Crippen molar-refractivity contribution in [2.24, 2.45) is 0 Å². The van der Waals surface area contributed by atoms with Crippen molar-refractivity contribution in [1.29, 1.82) is 0 Å². The summed E-state index contributed by atoms with van der Waals surface area (Å²) < 4.78 is 98.0. The molecule has 1 heterocycles. The third kappa shape index (κ3) is 5.23. The molecule has 6 nitrogen and oxygen atoms in total. The Morgan fingerprint density at radius 1 is 1.02 bits per heavy atom. The van der Waals surface area contributed by atoms with E-state index in [0.29, 0.717) is 24.3 Å². The van der Waals surface area contributed by atoms with Gasteiger partial charge in [-0.3, -0.25) is 9.59 Å². The van der Waals surface area contributed by atoms with Crippen LogP contribution in [0.5, 0.6) is 0 Å². The molecule has 3 aromatic carbocycles. The molecule has 212 valence electrons. The van der Waals surface area contributed by atoms with Gasteiger partial charge >= 0.3 is 6.18 Å². The lowest BCUT2D eigenvalue weighted by Gasteiger charge is -2.33. The molecule has 0 radical (unpaired) electrons. The van der Waals surface area contributed by atoms with Gasteiger partial charge in [0.15, 0.2) is 5.60 Å². The average molecular weight is 591 g/mol. The fourth-order valence-electron chi connectivity index (χ4n) is 4.31. The van der Waals surface area contributed by atoms with Gasteiger partial charge in [0.05, 0.1) is 29.1 Å². The zero-order valence-electron chi connectivity index (χ0n) is 20.0. The first-order chi connectivity index (χ1) is 18.6. The zero-order chi connectivity index (χ0) is 29.6. The molecule has 0 bridgehead atoms. The van der Waals surface area contributed by atoms with Crippen LogP contribution in [-0.4, -0.2) is 41.1 Å². The van der Waals surface area contributed by atoms with E-state index in [1.54, 1.807) is 0 Å². The number of nitrogens with zero attached hydrogens (tertiary/aromatic N) is 1. The van der Waals surface area contributed by atoms with E-state index in [-0.39, 0.29) is 10.7 Å². The average Bonchev–Trinajstić information content (AvgIpc) is 2.96. The van der Waals surface area contributed by atoms with E-state index < -0.39 is 88.7 Å². The molecule has 0 aliphatic carbocycles. The number of benzene rings is 3. The summed E-state index contributed by atoms with van der Waals surface area (Å²) in [5, 5.41) is 22.2. The van der Waals surface area contributed by atoms with Gasteiger partial charge < -0.3 is 20.4 Å². The third-order valence-corrected chi connectivity index (χ3v) is 6.65. The number of carbonyl (C=O) groups is 2. The molecule has 1 atom stereocenters. The number of anilines is 2. The topological polar surface area (TPSA) is 89.9 Å². The van der Waals surface area contributed by atoms with Gasteiger partial charge in [0.2, 0.25) is 0 Å². The number of aliphatic hydroxyl groups excluding tert-OH is 1. The molecular formula is C26H18ClF7N2O4. The minimum Gasteiger partial charge on any atom is -0.393 e. The van der Waals surface area contributed by atoms with Crippen molar-refractivity contribution >= 4 is 34.8 Å². The van der Waals surface area contributed by atoms with Gasteiger partial charge in [-0.2, -0.15) is 13.2 Å². The molecule has 1 aliphatic heterocycles. The molecule has 2 amide bonds. The minimum absolute atomic E-state index is 0.0751. The summed E-state index contributed by atoms with van der Waals surface area (Å²) in [6.45, 7) is -2.07. The van der Waals surface area contributed by atoms with Crippen LogP contribution in [0.15, 0.2) is 54.6 Å². The van der Waals surface area contributed by atoms with Gasteiger partial charge in [0.25, 0.3) is 17.7 Å². The molecule has 3 aromatic rings. The van der Waals surface area contributed by atoms with Crippen LogP contribution >= 0.6 is 11.6 Å². The van der Waals surface area contributed by atoms with Crippen LogP contribution in [0.3, 0.4) is 0 Å². The molecule has 40 heavy (non-hydrogen) atoms. The van der Waals surface area contributed by atoms with Crippen LogP contribution in [0.25, 0.3) is 0 Å². The Kier molecular flexibility index (Phi) is 7.60. The van der Waals surface area contributed by atoms with Crippen LogP contribution in [-0.2, 0) is 11.8 Å². The number of fused-ring (bicyclic) bond motifs is 1. The van der Waals surface area contributed by atoms with Crippen molar-refractivity contribution in [3.05, 3.63) is 93.5 Å². The van der Waals surface area contributed by atoms with Gasteiger partial charge in [-0.25, -0.2) is 17.6 Å². The highest BCUT2D eigenvalue weighted by Gasteiger charge is 2.56. The fourth-order valence-corrected chi connectivity index (χ4v) is 4.48. The van der Waals surface area contributed by atoms with E-state index in [2.05, 4.69) is 0 Å². The van der Waals surface area contributed by atoms with Crippen molar-refractivity contribution < 1.29 is 50.5 Å². The molecule has 0 saturated heterocycles. The molecule has 0 spiro atoms. The van der Waals surface area contributed by atoms with Crippen LogP contribution in [0.4, 0.5) is 42.1 Å². The number of rotatable bonds is 4. The van der Waals surface area contributed by atoms with Crippen molar-refractivity contribution in [1.82, 2.24) is 0 Å². The van der Waals surface area contributed by atoms with E-state index in [4.69, 9.17) is 11.6 Å². The Morgan fingerprint density at radius 2 is 1.73 bits per heavy atom. The standard InChI is InChI=1S/C26H18ClF7N2O4/c27-14-2-6-21-18(10-14)24(40,12-37)25(30,31)7-8-36(21)23(39)13-1-5-20(19(29)9-13)35-22(38)16-11-15(28)3-4-17(16)26(32,33)34/h1-6,9-11,37,40H,7-8,12H2,(H,35,38)/t24-/m0/s1. The summed E-state index contributed by atoms with van der Waals surface area (Å²) in [7, 11) is 0. The Balaban J connectivity index is 1.66. The second-order valence-electron chi connectivity index (χ2n) is 8.93. The highest BCUT2D eigenvalue weighted by Crippen LogP contribution is 2.47. The summed E-state index contributed by atoms with van der Waals surface area (Å²) in [5.74, 6) is -8.80. The first-order valence-electron chi connectivity index (χ1n) is 11.4. The van der Waals surface area contributed by atoms with E-state index in [9.17, 15) is 50.5 Å². The monoisotopic (exact) mass is 590 g/mol. The normalized spacial score (nSPS) is 18.6. The lowest BCUT2D eigenvalue weighted by molar-refractivity contribution is -0.205. The molecule has 4 rings (SSSR count). The SMILES string of the molecule is O=C(Nc1ccc(C(=O)N2CCC(F)(F)[C@](O)(CO)c3cc(Cl)ccc32)cc1F)c1cc(F)ccc1C(F)(F)F. The second kappa shape index (κ2) is 10.4. The molecular weight excluding hydrogens is 573 g/mol. The maximum Gasteiger partial charge on any atom is 0.417 e. The van der Waals surface area contributed by atoms with E-state index in [1.807, 2.05) is 5.32 Å². The van der Waals surface area contributed by atoms with Crippen LogP contribution in [0, 0.1) is 11.6 Å². The maximum atomic E-state index is 14.9. The summed E-state index contributed by atoms with van der Waals surface area (Å²) in [6.07, 6.45) is -6.10. The first-order valence-corrected chi connectivity index (χ1v) is 11.8. The number of hydrogen-bond acceptors (Lipinski definition) is 4. The number of amides is 2. The first kappa shape index (κ1) is 29.3. The van der Waals surface area contributed by atoms with Crippen molar-refractivity contribution in [3.8, 4) is 0 Å². The summed E-state index contributed by atoms with van der Waals surface area (Å²) in [6, 6.07) is 7.03. The number of halogens is 8. The third-order valence-electron chi connectivity index (χ3n) is 6.42. The lowest BCUT2D eigenvalue weighted by atomic mass is 9.86. The second-order valence-corrected chi connectivity index (χ2v) is 9.36. The van der Waals surface area contributed by atoms with Crippen molar-refractivity contribution in [2.75, 3.05) is 23.4 Å². The molecule has 0 unspecified atom stereocenters. The van der Waals surface area contributed by atoms with Gasteiger partial charge in [-0.05, 0) is 54.6 Å². The summed E-state index contributed by atoms with van der Waals surface area (Å²) >= 11 is 5.91. The van der Waals surface area contributed by atoms with Crippen LogP contribution < -0.4 is 10.2 Å². The van der Waals surface area contributed by atoms with Crippen molar-refractivity contribution in [2.45, 2.75) is 24.1 Å². The molecule has 0 fully saturated rings. The number of aliphatic hydroxyl groups is 2. The summed E-state index contributed by atoms with van der Waals surface area (Å²) in [5.41, 5.74) is -7.49. The quantitative estimate of drug-likeness (QED) is 0.338. The Morgan fingerprint density at radius 3 is 2.35 bits per heavy atom. The number of alkyl halides is 5. The van der Waals surface area contributed by atoms with Gasteiger partial charge in [0, 0.05) is 29.1 Å². The molecule has 3 N–H and O–H groups in total.